The number of carbonyl (C=O) groups is 1. The Morgan fingerprint density at radius 1 is 1.04 bits per heavy atom. The highest BCUT2D eigenvalue weighted by molar-refractivity contribution is 7.90. The Kier molecular flexibility index (Phi) is 5.87. The van der Waals surface area contributed by atoms with E-state index in [0.717, 1.165) is 28.8 Å². The molecule has 150 valence electrons. The van der Waals surface area contributed by atoms with Gasteiger partial charge < -0.3 is 5.32 Å². The fourth-order valence-electron chi connectivity index (χ4n) is 2.18. The number of nitrogens with zero attached hydrogens (tertiary/aromatic N) is 2. The van der Waals surface area contributed by atoms with E-state index in [1.54, 1.807) is 0 Å². The molecule has 0 fully saturated rings. The second-order valence-corrected chi connectivity index (χ2v) is 10.2. The Balaban J connectivity index is 2.44. The molecule has 0 unspecified atom stereocenters. The minimum atomic E-state index is -3.79. The summed E-state index contributed by atoms with van der Waals surface area (Å²) in [5, 5.41) is 13.5. The highest BCUT2D eigenvalue weighted by Gasteiger charge is 2.21. The lowest BCUT2D eigenvalue weighted by Gasteiger charge is -2.13. The number of hydrogen-bond acceptors (Lipinski definition) is 7. The second kappa shape index (κ2) is 7.66. The van der Waals surface area contributed by atoms with Crippen LogP contribution in [0.15, 0.2) is 52.3 Å². The first kappa shape index (κ1) is 21.5. The number of carbonyl (C=O) groups excluding carboxylic acids is 1. The maximum absolute atomic E-state index is 12.5. The van der Waals surface area contributed by atoms with Gasteiger partial charge in [-0.25, -0.2) is 21.1 Å². The molecule has 0 aliphatic carbocycles. The minimum Gasteiger partial charge on any atom is -0.322 e. The van der Waals surface area contributed by atoms with Gasteiger partial charge >= 0.3 is 0 Å². The fraction of sp³-hybridized carbons (Fsp3) is 0.188. The number of benzene rings is 2. The molecule has 0 saturated carbocycles. The Morgan fingerprint density at radius 3 is 2.21 bits per heavy atom. The molecule has 2 rings (SSSR count). The topological polar surface area (TPSA) is 144 Å². The van der Waals surface area contributed by atoms with E-state index in [2.05, 4.69) is 5.32 Å². The molecular weight excluding hydrogens is 410 g/mol. The smallest absolute Gasteiger partial charge is 0.271 e. The van der Waals surface area contributed by atoms with E-state index in [0.29, 0.717) is 0 Å². The summed E-state index contributed by atoms with van der Waals surface area (Å²) in [6.45, 7) is 0. The average molecular weight is 427 g/mol. The summed E-state index contributed by atoms with van der Waals surface area (Å²) >= 11 is 0. The van der Waals surface area contributed by atoms with Crippen molar-refractivity contribution in [2.24, 2.45) is 0 Å². The highest BCUT2D eigenvalue weighted by atomic mass is 32.2. The molecule has 12 heteroatoms. The molecule has 0 aliphatic heterocycles. The quantitative estimate of drug-likeness (QED) is 0.543. The van der Waals surface area contributed by atoms with Gasteiger partial charge in [-0.05, 0) is 24.3 Å². The van der Waals surface area contributed by atoms with Crippen molar-refractivity contribution in [1.29, 1.82) is 0 Å². The van der Waals surface area contributed by atoms with Crippen LogP contribution in [0.25, 0.3) is 0 Å². The van der Waals surface area contributed by atoms with Crippen LogP contribution < -0.4 is 5.32 Å². The van der Waals surface area contributed by atoms with Crippen molar-refractivity contribution < 1.29 is 26.6 Å². The normalized spacial score (nSPS) is 12.0. The number of nitro groups is 1. The molecule has 1 amide bonds. The van der Waals surface area contributed by atoms with Gasteiger partial charge in [0.15, 0.2) is 9.84 Å². The molecule has 0 atom stereocenters. The molecule has 0 heterocycles. The number of nitro benzene ring substituents is 1. The van der Waals surface area contributed by atoms with Crippen LogP contribution in [0, 0.1) is 10.1 Å². The van der Waals surface area contributed by atoms with Gasteiger partial charge in [0, 0.05) is 43.7 Å². The first-order chi connectivity index (χ1) is 12.8. The largest absolute Gasteiger partial charge is 0.322 e. The molecule has 0 radical (unpaired) electrons. The van der Waals surface area contributed by atoms with Gasteiger partial charge in [0.25, 0.3) is 11.6 Å². The number of sulfonamides is 1. The van der Waals surface area contributed by atoms with Crippen molar-refractivity contribution in [2.75, 3.05) is 25.7 Å². The number of sulfone groups is 1. The monoisotopic (exact) mass is 427 g/mol. The zero-order valence-corrected chi connectivity index (χ0v) is 16.7. The molecule has 0 aromatic heterocycles. The van der Waals surface area contributed by atoms with Crippen molar-refractivity contribution in [3.05, 3.63) is 58.1 Å². The van der Waals surface area contributed by atoms with Crippen molar-refractivity contribution in [2.45, 2.75) is 9.79 Å². The van der Waals surface area contributed by atoms with E-state index < -0.39 is 36.4 Å². The summed E-state index contributed by atoms with van der Waals surface area (Å²) in [6.07, 6.45) is 0.864. The molecule has 1 N–H and O–H groups in total. The third-order valence-corrected chi connectivity index (χ3v) is 6.57. The minimum absolute atomic E-state index is 0.0637. The van der Waals surface area contributed by atoms with Gasteiger partial charge in [0.1, 0.15) is 0 Å². The molecule has 0 spiro atoms. The van der Waals surface area contributed by atoms with E-state index in [1.165, 1.54) is 38.4 Å². The van der Waals surface area contributed by atoms with Gasteiger partial charge in [-0.1, -0.05) is 6.07 Å². The Bertz CT molecular complexity index is 1160. The number of non-ortho nitro benzene ring substituents is 1. The van der Waals surface area contributed by atoms with E-state index in [9.17, 15) is 31.7 Å². The van der Waals surface area contributed by atoms with Crippen molar-refractivity contribution in [3.63, 3.8) is 0 Å². The van der Waals surface area contributed by atoms with E-state index in [4.69, 9.17) is 0 Å². The van der Waals surface area contributed by atoms with E-state index in [1.807, 2.05) is 0 Å². The lowest BCUT2D eigenvalue weighted by Crippen LogP contribution is -2.22. The van der Waals surface area contributed by atoms with Crippen LogP contribution in [0.2, 0.25) is 0 Å². The molecule has 2 aromatic rings. The second-order valence-electron chi connectivity index (χ2n) is 6.01. The standard InChI is InChI=1S/C16H17N3O7S2/c1-18(2)28(25,26)14-6-4-5-12(9-14)17-16(20)11-7-13(19(21)22)10-15(8-11)27(3,23)24/h4-10H,1-3H3,(H,17,20). The van der Waals surface area contributed by atoms with Crippen LogP contribution in [0.3, 0.4) is 0 Å². The number of anilines is 1. The van der Waals surface area contributed by atoms with Crippen LogP contribution in [0.5, 0.6) is 0 Å². The molecule has 0 aliphatic rings. The van der Waals surface area contributed by atoms with Crippen molar-refractivity contribution >= 4 is 37.1 Å². The predicted octanol–water partition coefficient (Wildman–Crippen LogP) is 1.50. The summed E-state index contributed by atoms with van der Waals surface area (Å²) in [6, 6.07) is 8.23. The lowest BCUT2D eigenvalue weighted by atomic mass is 10.2. The van der Waals surface area contributed by atoms with Gasteiger partial charge in [-0.2, -0.15) is 0 Å². The molecular formula is C16H17N3O7S2. The van der Waals surface area contributed by atoms with Crippen LogP contribution in [-0.4, -0.2) is 52.3 Å². The fourth-order valence-corrected chi connectivity index (χ4v) is 3.81. The highest BCUT2D eigenvalue weighted by Crippen LogP contribution is 2.23. The zero-order chi connectivity index (χ0) is 21.3. The van der Waals surface area contributed by atoms with E-state index >= 15 is 0 Å². The van der Waals surface area contributed by atoms with E-state index in [-0.39, 0.29) is 21.0 Å². The van der Waals surface area contributed by atoms with Crippen LogP contribution in [-0.2, 0) is 19.9 Å². The number of amides is 1. The summed E-state index contributed by atoms with van der Waals surface area (Å²) < 4.78 is 48.8. The van der Waals surface area contributed by atoms with Gasteiger partial charge in [-0.15, -0.1) is 0 Å². The average Bonchev–Trinajstić information content (AvgIpc) is 2.60. The Hall–Kier alpha value is -2.83. The Labute approximate surface area is 161 Å². The SMILES string of the molecule is CN(C)S(=O)(=O)c1cccc(NC(=O)c2cc([N+](=O)[O-])cc(S(C)(=O)=O)c2)c1. The number of hydrogen-bond donors (Lipinski definition) is 1. The molecule has 2 aromatic carbocycles. The summed E-state index contributed by atoms with van der Waals surface area (Å²) in [5.41, 5.74) is -0.687. The first-order valence-corrected chi connectivity index (χ1v) is 11.0. The van der Waals surface area contributed by atoms with Crippen LogP contribution >= 0.6 is 0 Å². The van der Waals surface area contributed by atoms with Gasteiger partial charge in [-0.3, -0.25) is 14.9 Å². The molecule has 10 nitrogen and oxygen atoms in total. The third kappa shape index (κ3) is 4.71. The van der Waals surface area contributed by atoms with Crippen LogP contribution in [0.1, 0.15) is 10.4 Å². The molecule has 0 bridgehead atoms. The van der Waals surface area contributed by atoms with Crippen molar-refractivity contribution in [1.82, 2.24) is 4.31 Å². The van der Waals surface area contributed by atoms with Crippen molar-refractivity contribution in [3.8, 4) is 0 Å². The summed E-state index contributed by atoms with van der Waals surface area (Å²) in [4.78, 5) is 22.3. The predicted molar refractivity (Wildman–Crippen MR) is 101 cm³/mol. The number of nitrogens with one attached hydrogen (secondary N) is 1. The summed E-state index contributed by atoms with van der Waals surface area (Å²) in [5.74, 6) is -0.826. The lowest BCUT2D eigenvalue weighted by molar-refractivity contribution is -0.385. The van der Waals surface area contributed by atoms with Crippen LogP contribution in [0.4, 0.5) is 11.4 Å². The maximum Gasteiger partial charge on any atom is 0.271 e. The number of rotatable bonds is 6. The maximum atomic E-state index is 12.5. The summed E-state index contributed by atoms with van der Waals surface area (Å²) in [7, 11) is -4.81. The zero-order valence-electron chi connectivity index (χ0n) is 15.1. The molecule has 28 heavy (non-hydrogen) atoms. The van der Waals surface area contributed by atoms with Gasteiger partial charge in [0.05, 0.1) is 14.7 Å². The third-order valence-electron chi connectivity index (χ3n) is 3.66. The Morgan fingerprint density at radius 2 is 1.68 bits per heavy atom. The van der Waals surface area contributed by atoms with Gasteiger partial charge in [0.2, 0.25) is 10.0 Å². The first-order valence-electron chi connectivity index (χ1n) is 7.66. The molecule has 0 saturated heterocycles.